The molecule has 0 bridgehead atoms. The zero-order valence-electron chi connectivity index (χ0n) is 16.8. The predicted molar refractivity (Wildman–Crippen MR) is 100 cm³/mol. The van der Waals surface area contributed by atoms with Crippen molar-refractivity contribution in [2.24, 2.45) is 5.41 Å². The molecule has 0 aromatic rings. The minimum Gasteiger partial charge on any atom is -0.403 e. The SMILES string of the molecule is CC1(C)OB(C2CCN(C(=O)N3CCOCC4(CC4)C3)CC2)OC1(C)C. The molecule has 1 saturated carbocycles. The summed E-state index contributed by atoms with van der Waals surface area (Å²) in [5.74, 6) is 0.363. The molecule has 3 aliphatic heterocycles. The Kier molecular flexibility index (Phi) is 4.56. The van der Waals surface area contributed by atoms with Crippen LogP contribution in [0, 0.1) is 5.41 Å². The Morgan fingerprint density at radius 1 is 0.962 bits per heavy atom. The van der Waals surface area contributed by atoms with Crippen LogP contribution in [0.4, 0.5) is 4.79 Å². The van der Waals surface area contributed by atoms with Gasteiger partial charge in [-0.05, 0) is 59.2 Å². The van der Waals surface area contributed by atoms with Crippen molar-refractivity contribution in [1.29, 1.82) is 0 Å². The third kappa shape index (κ3) is 3.38. The smallest absolute Gasteiger partial charge is 0.403 e. The van der Waals surface area contributed by atoms with Crippen LogP contribution in [0.1, 0.15) is 53.4 Å². The van der Waals surface area contributed by atoms with E-state index in [1.165, 1.54) is 12.8 Å². The van der Waals surface area contributed by atoms with Crippen LogP contribution in [0.3, 0.4) is 0 Å². The molecule has 4 fully saturated rings. The number of hydrogen-bond acceptors (Lipinski definition) is 4. The van der Waals surface area contributed by atoms with Crippen LogP contribution in [-0.2, 0) is 14.0 Å². The Bertz CT molecular complexity index is 540. The van der Waals surface area contributed by atoms with Crippen LogP contribution >= 0.6 is 0 Å². The van der Waals surface area contributed by atoms with Crippen molar-refractivity contribution < 1.29 is 18.8 Å². The summed E-state index contributed by atoms with van der Waals surface area (Å²) in [6.07, 6.45) is 4.28. The molecule has 3 saturated heterocycles. The highest BCUT2D eigenvalue weighted by molar-refractivity contribution is 6.47. The molecular weight excluding hydrogens is 331 g/mol. The first-order chi connectivity index (χ1) is 12.2. The Hall–Kier alpha value is -0.785. The predicted octanol–water partition coefficient (Wildman–Crippen LogP) is 2.78. The molecule has 4 aliphatic rings. The summed E-state index contributed by atoms with van der Waals surface area (Å²) < 4.78 is 18.1. The minimum atomic E-state index is -0.282. The van der Waals surface area contributed by atoms with Gasteiger partial charge in [-0.1, -0.05) is 0 Å². The Morgan fingerprint density at radius 3 is 2.15 bits per heavy atom. The Morgan fingerprint density at radius 2 is 1.58 bits per heavy atom. The molecule has 0 aromatic carbocycles. The maximum absolute atomic E-state index is 13.0. The van der Waals surface area contributed by atoms with Crippen LogP contribution in [0.25, 0.3) is 0 Å². The van der Waals surface area contributed by atoms with E-state index in [0.717, 1.165) is 45.6 Å². The molecule has 0 radical (unpaired) electrons. The average molecular weight is 364 g/mol. The lowest BCUT2D eigenvalue weighted by Gasteiger charge is -2.36. The van der Waals surface area contributed by atoms with Gasteiger partial charge >= 0.3 is 13.1 Å². The third-order valence-electron chi connectivity index (χ3n) is 7.13. The molecule has 26 heavy (non-hydrogen) atoms. The second-order valence-electron chi connectivity index (χ2n) is 9.71. The van der Waals surface area contributed by atoms with Gasteiger partial charge < -0.3 is 23.8 Å². The van der Waals surface area contributed by atoms with E-state index in [1.54, 1.807) is 0 Å². The van der Waals surface area contributed by atoms with Crippen LogP contribution in [0.2, 0.25) is 5.82 Å². The van der Waals surface area contributed by atoms with Gasteiger partial charge in [-0.25, -0.2) is 4.79 Å². The molecule has 3 heterocycles. The second-order valence-corrected chi connectivity index (χ2v) is 9.71. The molecular formula is C19H33BN2O4. The molecule has 0 N–H and O–H groups in total. The number of carbonyl (C=O) groups is 1. The van der Waals surface area contributed by atoms with Gasteiger partial charge in [-0.3, -0.25) is 0 Å². The summed E-state index contributed by atoms with van der Waals surface area (Å²) in [5.41, 5.74) is -0.308. The number of likely N-dealkylation sites (tertiary alicyclic amines) is 1. The van der Waals surface area contributed by atoms with Crippen LogP contribution in [0.5, 0.6) is 0 Å². The number of nitrogens with zero attached hydrogens (tertiary/aromatic N) is 2. The quantitative estimate of drug-likeness (QED) is 0.672. The van der Waals surface area contributed by atoms with E-state index in [1.807, 2.05) is 9.80 Å². The number of urea groups is 1. The van der Waals surface area contributed by atoms with Gasteiger partial charge in [0, 0.05) is 31.6 Å². The van der Waals surface area contributed by atoms with Crippen molar-refractivity contribution in [2.45, 2.75) is 70.4 Å². The summed E-state index contributed by atoms with van der Waals surface area (Å²) >= 11 is 0. The summed E-state index contributed by atoms with van der Waals surface area (Å²) in [7, 11) is -0.154. The van der Waals surface area contributed by atoms with Crippen molar-refractivity contribution in [2.75, 3.05) is 39.4 Å². The monoisotopic (exact) mass is 364 g/mol. The summed E-state index contributed by atoms with van der Waals surface area (Å²) in [6.45, 7) is 13.0. The highest BCUT2D eigenvalue weighted by atomic mass is 16.7. The molecule has 4 rings (SSSR count). The van der Waals surface area contributed by atoms with Gasteiger partial charge in [-0.15, -0.1) is 0 Å². The normalized spacial score (nSPS) is 30.5. The van der Waals surface area contributed by atoms with E-state index in [0.29, 0.717) is 12.4 Å². The summed E-state index contributed by atoms with van der Waals surface area (Å²) in [4.78, 5) is 17.0. The van der Waals surface area contributed by atoms with Gasteiger partial charge in [0.25, 0.3) is 0 Å². The van der Waals surface area contributed by atoms with Crippen molar-refractivity contribution in [3.05, 3.63) is 0 Å². The molecule has 0 aromatic heterocycles. The maximum atomic E-state index is 13.0. The molecule has 146 valence electrons. The van der Waals surface area contributed by atoms with Crippen molar-refractivity contribution in [1.82, 2.24) is 9.80 Å². The number of piperidine rings is 1. The number of amides is 2. The minimum absolute atomic E-state index is 0.154. The maximum Gasteiger partial charge on any atom is 0.461 e. The molecule has 7 heteroatoms. The fourth-order valence-electron chi connectivity index (χ4n) is 4.28. The topological polar surface area (TPSA) is 51.2 Å². The highest BCUT2D eigenvalue weighted by Crippen LogP contribution is 2.47. The van der Waals surface area contributed by atoms with Crippen molar-refractivity contribution >= 4 is 13.1 Å². The fraction of sp³-hybridized carbons (Fsp3) is 0.947. The zero-order valence-corrected chi connectivity index (χ0v) is 16.8. The number of carbonyl (C=O) groups excluding carboxylic acids is 1. The molecule has 1 spiro atoms. The number of rotatable bonds is 1. The lowest BCUT2D eigenvalue weighted by Crippen LogP contribution is -2.49. The zero-order chi connectivity index (χ0) is 18.6. The molecule has 6 nitrogen and oxygen atoms in total. The first-order valence-corrected chi connectivity index (χ1v) is 10.2. The Labute approximate surface area is 157 Å². The van der Waals surface area contributed by atoms with E-state index in [4.69, 9.17) is 14.0 Å². The summed E-state index contributed by atoms with van der Waals surface area (Å²) in [6, 6.07) is 0.189. The second kappa shape index (κ2) is 6.38. The standard InChI is InChI=1S/C19H33BN2O4/c1-17(2)18(3,4)26-20(25-17)15-5-9-21(10-6-15)16(23)22-11-12-24-14-19(13-22)7-8-19/h15H,5-14H2,1-4H3. The summed E-state index contributed by atoms with van der Waals surface area (Å²) in [5, 5.41) is 0. The van der Waals surface area contributed by atoms with Gasteiger partial charge in [0.2, 0.25) is 0 Å². The first-order valence-electron chi connectivity index (χ1n) is 10.2. The lowest BCUT2D eigenvalue weighted by atomic mass is 9.67. The molecule has 0 atom stereocenters. The number of ether oxygens (including phenoxy) is 1. The van der Waals surface area contributed by atoms with Gasteiger partial charge in [0.05, 0.1) is 24.4 Å². The average Bonchev–Trinajstić information content (AvgIpc) is 3.35. The highest BCUT2D eigenvalue weighted by Gasteiger charge is 2.54. The van der Waals surface area contributed by atoms with Gasteiger partial charge in [-0.2, -0.15) is 0 Å². The van der Waals surface area contributed by atoms with Crippen molar-refractivity contribution in [3.8, 4) is 0 Å². The molecule has 0 unspecified atom stereocenters. The molecule has 1 aliphatic carbocycles. The van der Waals surface area contributed by atoms with Crippen molar-refractivity contribution in [3.63, 3.8) is 0 Å². The largest absolute Gasteiger partial charge is 0.461 e. The fourth-order valence-corrected chi connectivity index (χ4v) is 4.28. The van der Waals surface area contributed by atoms with E-state index in [-0.39, 0.29) is 29.8 Å². The van der Waals surface area contributed by atoms with E-state index >= 15 is 0 Å². The first kappa shape index (κ1) is 18.6. The Balaban J connectivity index is 1.32. The number of hydrogen-bond donors (Lipinski definition) is 0. The van der Waals surface area contributed by atoms with Gasteiger partial charge in [0.1, 0.15) is 0 Å². The van der Waals surface area contributed by atoms with E-state index in [2.05, 4.69) is 27.7 Å². The van der Waals surface area contributed by atoms with E-state index in [9.17, 15) is 4.79 Å². The van der Waals surface area contributed by atoms with Crippen LogP contribution in [0.15, 0.2) is 0 Å². The molecule has 2 amide bonds. The van der Waals surface area contributed by atoms with E-state index < -0.39 is 0 Å². The van der Waals surface area contributed by atoms with Gasteiger partial charge in [0.15, 0.2) is 0 Å². The van der Waals surface area contributed by atoms with Crippen LogP contribution in [-0.4, -0.2) is 73.5 Å². The van der Waals surface area contributed by atoms with Crippen LogP contribution < -0.4 is 0 Å². The third-order valence-corrected chi connectivity index (χ3v) is 7.13. The lowest BCUT2D eigenvalue weighted by molar-refractivity contribution is 0.00578.